The van der Waals surface area contributed by atoms with Gasteiger partial charge in [-0.05, 0) is 44.4 Å². The quantitative estimate of drug-likeness (QED) is 0.836. The van der Waals surface area contributed by atoms with Crippen LogP contribution in [0.5, 0.6) is 0 Å². The summed E-state index contributed by atoms with van der Waals surface area (Å²) >= 11 is 0. The van der Waals surface area contributed by atoms with Crippen LogP contribution in [0.3, 0.4) is 0 Å². The Labute approximate surface area is 121 Å². The second-order valence-electron chi connectivity index (χ2n) is 5.64. The summed E-state index contributed by atoms with van der Waals surface area (Å²) in [5.74, 6) is -1.69. The zero-order chi connectivity index (χ0) is 15.8. The number of hydrogen-bond acceptors (Lipinski definition) is 2. The fraction of sp³-hybridized carbons (Fsp3) is 0.600. The van der Waals surface area contributed by atoms with E-state index in [1.165, 1.54) is 13.0 Å². The van der Waals surface area contributed by atoms with Crippen molar-refractivity contribution >= 4 is 5.69 Å². The first-order chi connectivity index (χ1) is 9.70. The Balaban J connectivity index is 2.22. The molecule has 1 aliphatic rings. The lowest BCUT2D eigenvalue weighted by atomic mass is 9.94. The number of piperidine rings is 1. The van der Waals surface area contributed by atoms with E-state index in [0.29, 0.717) is 16.8 Å². The molecule has 118 valence electrons. The van der Waals surface area contributed by atoms with Gasteiger partial charge in [-0.2, -0.15) is 13.2 Å². The number of anilines is 1. The Kier molecular flexibility index (Phi) is 4.46. The van der Waals surface area contributed by atoms with Crippen LogP contribution in [-0.2, 0) is 0 Å². The van der Waals surface area contributed by atoms with Crippen molar-refractivity contribution in [3.63, 3.8) is 0 Å². The minimum atomic E-state index is -4.15. The van der Waals surface area contributed by atoms with Crippen LogP contribution in [0, 0.1) is 18.7 Å². The fourth-order valence-corrected chi connectivity index (χ4v) is 2.74. The summed E-state index contributed by atoms with van der Waals surface area (Å²) in [6.45, 7) is 3.65. The van der Waals surface area contributed by atoms with Crippen molar-refractivity contribution < 1.29 is 22.7 Å². The Bertz CT molecular complexity index is 505. The van der Waals surface area contributed by atoms with Crippen LogP contribution in [0.1, 0.15) is 37.0 Å². The monoisotopic (exact) mass is 305 g/mol. The van der Waals surface area contributed by atoms with E-state index < -0.39 is 24.0 Å². The average molecular weight is 305 g/mol. The van der Waals surface area contributed by atoms with Crippen LogP contribution in [0.2, 0.25) is 0 Å². The highest BCUT2D eigenvalue weighted by Crippen LogP contribution is 2.37. The zero-order valence-electron chi connectivity index (χ0n) is 12.0. The number of benzene rings is 1. The summed E-state index contributed by atoms with van der Waals surface area (Å²) in [5.41, 5.74) is 1.47. The molecule has 2 rings (SSSR count). The molecule has 0 aliphatic carbocycles. The minimum absolute atomic E-state index is 0.0270. The Hall–Kier alpha value is -1.30. The van der Waals surface area contributed by atoms with Gasteiger partial charge in [-0.3, -0.25) is 0 Å². The number of nitrogens with zero attached hydrogens (tertiary/aromatic N) is 1. The van der Waals surface area contributed by atoms with Crippen molar-refractivity contribution in [2.24, 2.45) is 5.92 Å². The van der Waals surface area contributed by atoms with Crippen molar-refractivity contribution in [3.8, 4) is 0 Å². The van der Waals surface area contributed by atoms with Gasteiger partial charge >= 0.3 is 6.18 Å². The number of alkyl halides is 3. The van der Waals surface area contributed by atoms with Crippen molar-refractivity contribution in [1.29, 1.82) is 0 Å². The number of aliphatic hydroxyl groups is 1. The molecule has 0 amide bonds. The van der Waals surface area contributed by atoms with E-state index >= 15 is 0 Å². The molecule has 0 spiro atoms. The van der Waals surface area contributed by atoms with E-state index in [9.17, 15) is 22.7 Å². The molecule has 1 atom stereocenters. The highest BCUT2D eigenvalue weighted by Gasteiger charge is 2.41. The average Bonchev–Trinajstić information content (AvgIpc) is 2.40. The lowest BCUT2D eigenvalue weighted by Crippen LogP contribution is -2.39. The molecule has 1 aromatic carbocycles. The Morgan fingerprint density at radius 3 is 2.29 bits per heavy atom. The van der Waals surface area contributed by atoms with Gasteiger partial charge in [0.25, 0.3) is 0 Å². The predicted molar refractivity (Wildman–Crippen MR) is 72.8 cm³/mol. The molecule has 0 saturated carbocycles. The first-order valence-corrected chi connectivity index (χ1v) is 7.00. The second kappa shape index (κ2) is 5.83. The van der Waals surface area contributed by atoms with E-state index in [-0.39, 0.29) is 25.9 Å². The van der Waals surface area contributed by atoms with Crippen molar-refractivity contribution in [2.75, 3.05) is 18.0 Å². The van der Waals surface area contributed by atoms with Gasteiger partial charge < -0.3 is 10.0 Å². The van der Waals surface area contributed by atoms with Crippen molar-refractivity contribution in [3.05, 3.63) is 29.1 Å². The molecular formula is C15H19F4NO. The zero-order valence-corrected chi connectivity index (χ0v) is 12.0. The maximum atomic E-state index is 13.6. The van der Waals surface area contributed by atoms with E-state index in [1.54, 1.807) is 17.9 Å². The molecule has 1 aromatic rings. The molecule has 1 saturated heterocycles. The van der Waals surface area contributed by atoms with Crippen LogP contribution in [0.4, 0.5) is 23.2 Å². The van der Waals surface area contributed by atoms with Gasteiger partial charge in [0.05, 0.1) is 12.0 Å². The first-order valence-electron chi connectivity index (χ1n) is 7.00. The van der Waals surface area contributed by atoms with Crippen LogP contribution in [0.15, 0.2) is 12.1 Å². The molecule has 21 heavy (non-hydrogen) atoms. The summed E-state index contributed by atoms with van der Waals surface area (Å²) in [6.07, 6.45) is -4.97. The summed E-state index contributed by atoms with van der Waals surface area (Å²) < 4.78 is 51.7. The number of hydrogen-bond donors (Lipinski definition) is 1. The molecule has 1 fully saturated rings. The Morgan fingerprint density at radius 2 is 1.81 bits per heavy atom. The lowest BCUT2D eigenvalue weighted by molar-refractivity contribution is -0.179. The van der Waals surface area contributed by atoms with Crippen molar-refractivity contribution in [2.45, 2.75) is 39.0 Å². The predicted octanol–water partition coefficient (Wildman–Crippen LogP) is 3.97. The van der Waals surface area contributed by atoms with Gasteiger partial charge in [0.2, 0.25) is 0 Å². The molecule has 2 nitrogen and oxygen atoms in total. The van der Waals surface area contributed by atoms with Gasteiger partial charge in [-0.15, -0.1) is 0 Å². The molecule has 1 N–H and O–H groups in total. The van der Waals surface area contributed by atoms with Gasteiger partial charge in [-0.25, -0.2) is 4.39 Å². The van der Waals surface area contributed by atoms with E-state index in [4.69, 9.17) is 0 Å². The third-order valence-electron chi connectivity index (χ3n) is 4.06. The Morgan fingerprint density at radius 1 is 1.24 bits per heavy atom. The van der Waals surface area contributed by atoms with E-state index in [1.807, 2.05) is 0 Å². The third-order valence-corrected chi connectivity index (χ3v) is 4.06. The standard InChI is InChI=1S/C15H19F4NO/c1-9-7-14(12(10(2)21)8-13(9)16)20-5-3-11(4-6-20)15(17,18)19/h7-8,10-11,21H,3-6H2,1-2H3/t10-/m1/s1. The van der Waals surface area contributed by atoms with Crippen LogP contribution < -0.4 is 4.90 Å². The summed E-state index contributed by atoms with van der Waals surface area (Å²) in [4.78, 5) is 1.80. The number of aryl methyl sites for hydroxylation is 1. The maximum Gasteiger partial charge on any atom is 0.391 e. The molecule has 0 radical (unpaired) electrons. The molecular weight excluding hydrogens is 286 g/mol. The molecule has 0 unspecified atom stereocenters. The van der Waals surface area contributed by atoms with Crippen LogP contribution >= 0.6 is 0 Å². The van der Waals surface area contributed by atoms with Crippen LogP contribution in [-0.4, -0.2) is 24.4 Å². The van der Waals surface area contributed by atoms with Gasteiger partial charge in [0.1, 0.15) is 5.82 Å². The summed E-state index contributed by atoms with van der Waals surface area (Å²) in [7, 11) is 0. The highest BCUT2D eigenvalue weighted by molar-refractivity contribution is 5.57. The topological polar surface area (TPSA) is 23.5 Å². The summed E-state index contributed by atoms with van der Waals surface area (Å²) in [5, 5.41) is 9.76. The van der Waals surface area contributed by atoms with Gasteiger partial charge in [0, 0.05) is 24.3 Å². The third kappa shape index (κ3) is 3.48. The number of rotatable bonds is 2. The van der Waals surface area contributed by atoms with Gasteiger partial charge in [-0.1, -0.05) is 0 Å². The SMILES string of the molecule is Cc1cc(N2CCC(C(F)(F)F)CC2)c([C@@H](C)O)cc1F. The van der Waals surface area contributed by atoms with Crippen molar-refractivity contribution in [1.82, 2.24) is 0 Å². The molecule has 0 aromatic heterocycles. The van der Waals surface area contributed by atoms with E-state index in [0.717, 1.165) is 0 Å². The largest absolute Gasteiger partial charge is 0.391 e. The van der Waals surface area contributed by atoms with Gasteiger partial charge in [0.15, 0.2) is 0 Å². The summed E-state index contributed by atoms with van der Waals surface area (Å²) in [6, 6.07) is 2.87. The van der Waals surface area contributed by atoms with Crippen LogP contribution in [0.25, 0.3) is 0 Å². The highest BCUT2D eigenvalue weighted by atomic mass is 19.4. The lowest BCUT2D eigenvalue weighted by Gasteiger charge is -2.36. The first kappa shape index (κ1) is 16.1. The number of halogens is 4. The van der Waals surface area contributed by atoms with E-state index in [2.05, 4.69) is 0 Å². The second-order valence-corrected chi connectivity index (χ2v) is 5.64. The maximum absolute atomic E-state index is 13.6. The smallest absolute Gasteiger partial charge is 0.389 e. The molecule has 1 aliphatic heterocycles. The minimum Gasteiger partial charge on any atom is -0.389 e. The molecule has 0 bridgehead atoms. The fourth-order valence-electron chi connectivity index (χ4n) is 2.74. The normalized spacial score (nSPS) is 18.9. The molecule has 1 heterocycles. The number of aliphatic hydroxyl groups excluding tert-OH is 1. The molecule has 6 heteroatoms.